The van der Waals surface area contributed by atoms with Gasteiger partial charge in [0, 0.05) is 13.1 Å². The molecule has 1 aromatic rings. The van der Waals surface area contributed by atoms with E-state index in [1.807, 2.05) is 0 Å². The summed E-state index contributed by atoms with van der Waals surface area (Å²) in [4.78, 5) is 13.3. The van der Waals surface area contributed by atoms with Crippen LogP contribution in [0.5, 0.6) is 0 Å². The number of carbonyl (C=O) groups is 1. The van der Waals surface area contributed by atoms with Gasteiger partial charge in [0.25, 0.3) is 0 Å². The van der Waals surface area contributed by atoms with Crippen molar-refractivity contribution in [1.82, 2.24) is 9.62 Å². The van der Waals surface area contributed by atoms with E-state index in [-0.39, 0.29) is 16.5 Å². The molecule has 1 rings (SSSR count). The van der Waals surface area contributed by atoms with E-state index in [2.05, 4.69) is 4.72 Å². The molecule has 0 radical (unpaired) electrons. The molecule has 0 aliphatic rings. The van der Waals surface area contributed by atoms with Crippen molar-refractivity contribution in [3.63, 3.8) is 0 Å². The Morgan fingerprint density at radius 1 is 1.38 bits per heavy atom. The van der Waals surface area contributed by atoms with Crippen LogP contribution in [0.25, 0.3) is 0 Å². The fourth-order valence-corrected chi connectivity index (χ4v) is 3.23. The van der Waals surface area contributed by atoms with Crippen molar-refractivity contribution in [3.8, 4) is 0 Å². The van der Waals surface area contributed by atoms with Gasteiger partial charge in [-0.3, -0.25) is 4.79 Å². The molecule has 0 spiro atoms. The van der Waals surface area contributed by atoms with Gasteiger partial charge in [-0.25, -0.2) is 12.8 Å². The van der Waals surface area contributed by atoms with Gasteiger partial charge < -0.3 is 10.6 Å². The van der Waals surface area contributed by atoms with E-state index >= 15 is 0 Å². The molecule has 1 atom stereocenters. The summed E-state index contributed by atoms with van der Waals surface area (Å²) in [6, 6.07) is 2.06. The van der Waals surface area contributed by atoms with Gasteiger partial charge in [-0.2, -0.15) is 4.72 Å². The third kappa shape index (κ3) is 4.15. The highest BCUT2D eigenvalue weighted by molar-refractivity contribution is 7.89. The number of halogens is 1. The molecule has 0 aromatic heterocycles. The van der Waals surface area contributed by atoms with E-state index in [0.717, 1.165) is 18.2 Å². The van der Waals surface area contributed by atoms with E-state index in [4.69, 9.17) is 5.73 Å². The number of sulfonamides is 1. The van der Waals surface area contributed by atoms with Gasteiger partial charge >= 0.3 is 0 Å². The van der Waals surface area contributed by atoms with Crippen LogP contribution in [0.15, 0.2) is 23.1 Å². The van der Waals surface area contributed by atoms with Gasteiger partial charge in [-0.1, -0.05) is 0 Å². The van der Waals surface area contributed by atoms with E-state index in [9.17, 15) is 17.6 Å². The summed E-state index contributed by atoms with van der Waals surface area (Å²) >= 11 is 0. The number of benzene rings is 1. The average Bonchev–Trinajstić information content (AvgIpc) is 2.38. The van der Waals surface area contributed by atoms with Crippen LogP contribution in [0.1, 0.15) is 20.8 Å². The maximum Gasteiger partial charge on any atom is 0.243 e. The SMILES string of the molecule is CCN(CC)C(=O)C(C)NS(=O)(=O)c1ccc(F)cc1N. The molecule has 0 bridgehead atoms. The first-order valence-electron chi connectivity index (χ1n) is 6.59. The summed E-state index contributed by atoms with van der Waals surface area (Å²) in [6.07, 6.45) is 0. The number of nitrogens with one attached hydrogen (secondary N) is 1. The molecule has 21 heavy (non-hydrogen) atoms. The van der Waals surface area contributed by atoms with Crippen LogP contribution in [-0.2, 0) is 14.8 Å². The molecular formula is C13H20FN3O3S. The minimum atomic E-state index is -3.99. The normalized spacial score (nSPS) is 13.0. The van der Waals surface area contributed by atoms with Crippen LogP contribution in [0.3, 0.4) is 0 Å². The Bertz CT molecular complexity index is 615. The number of nitrogens with two attached hydrogens (primary N) is 1. The van der Waals surface area contributed by atoms with Crippen LogP contribution in [-0.4, -0.2) is 38.4 Å². The van der Waals surface area contributed by atoms with Crippen LogP contribution < -0.4 is 10.5 Å². The standard InChI is InChI=1S/C13H20FN3O3S/c1-4-17(5-2)13(18)9(3)16-21(19,20)12-7-6-10(14)8-11(12)15/h6-9,16H,4-5,15H2,1-3H3. The largest absolute Gasteiger partial charge is 0.398 e. The van der Waals surface area contributed by atoms with Gasteiger partial charge in [0.2, 0.25) is 15.9 Å². The Labute approximate surface area is 124 Å². The molecule has 1 unspecified atom stereocenters. The lowest BCUT2D eigenvalue weighted by atomic mass is 10.3. The van der Waals surface area contributed by atoms with Gasteiger partial charge in [0.15, 0.2) is 0 Å². The van der Waals surface area contributed by atoms with Gasteiger partial charge in [0.1, 0.15) is 10.7 Å². The summed E-state index contributed by atoms with van der Waals surface area (Å²) < 4.78 is 39.6. The van der Waals surface area contributed by atoms with Crippen LogP contribution in [0, 0.1) is 5.82 Å². The maximum absolute atomic E-state index is 13.0. The van der Waals surface area contributed by atoms with Gasteiger partial charge in [0.05, 0.1) is 11.7 Å². The van der Waals surface area contributed by atoms with E-state index < -0.39 is 21.9 Å². The number of amides is 1. The number of hydrogen-bond donors (Lipinski definition) is 2. The Morgan fingerprint density at radius 2 is 1.95 bits per heavy atom. The fraction of sp³-hybridized carbons (Fsp3) is 0.462. The molecule has 0 saturated heterocycles. The first-order chi connectivity index (χ1) is 9.72. The molecule has 0 aliphatic heterocycles. The zero-order chi connectivity index (χ0) is 16.2. The number of rotatable bonds is 6. The van der Waals surface area contributed by atoms with Crippen LogP contribution in [0.2, 0.25) is 0 Å². The molecule has 0 saturated carbocycles. The fourth-order valence-electron chi connectivity index (χ4n) is 1.92. The summed E-state index contributed by atoms with van der Waals surface area (Å²) in [5.74, 6) is -0.956. The molecule has 3 N–H and O–H groups in total. The second-order valence-electron chi connectivity index (χ2n) is 4.54. The van der Waals surface area contributed by atoms with Gasteiger partial charge in [-0.05, 0) is 39.0 Å². The lowest BCUT2D eigenvalue weighted by molar-refractivity contribution is -0.132. The molecule has 6 nitrogen and oxygen atoms in total. The number of anilines is 1. The Morgan fingerprint density at radius 3 is 2.43 bits per heavy atom. The Balaban J connectivity index is 2.97. The lowest BCUT2D eigenvalue weighted by Crippen LogP contribution is -2.46. The summed E-state index contributed by atoms with van der Waals surface area (Å²) in [7, 11) is -3.99. The highest BCUT2D eigenvalue weighted by atomic mass is 32.2. The third-order valence-corrected chi connectivity index (χ3v) is 4.65. The first kappa shape index (κ1) is 17.4. The van der Waals surface area contributed by atoms with Crippen molar-refractivity contribution in [2.75, 3.05) is 18.8 Å². The smallest absolute Gasteiger partial charge is 0.243 e. The topological polar surface area (TPSA) is 92.5 Å². The number of likely N-dealkylation sites (N-methyl/N-ethyl adjacent to an activating group) is 1. The van der Waals surface area contributed by atoms with E-state index in [1.165, 1.54) is 11.8 Å². The molecule has 0 heterocycles. The van der Waals surface area contributed by atoms with E-state index in [1.54, 1.807) is 13.8 Å². The first-order valence-corrected chi connectivity index (χ1v) is 8.07. The Kier molecular flexibility index (Phi) is 5.68. The quantitative estimate of drug-likeness (QED) is 0.764. The van der Waals surface area contributed by atoms with Crippen LogP contribution in [0.4, 0.5) is 10.1 Å². The molecule has 1 aromatic carbocycles. The second-order valence-corrected chi connectivity index (χ2v) is 6.22. The number of hydrogen-bond acceptors (Lipinski definition) is 4. The Hall–Kier alpha value is -1.67. The number of nitrogen functional groups attached to an aromatic ring is 1. The van der Waals surface area contributed by atoms with Crippen molar-refractivity contribution in [3.05, 3.63) is 24.0 Å². The lowest BCUT2D eigenvalue weighted by Gasteiger charge is -2.23. The zero-order valence-corrected chi connectivity index (χ0v) is 13.1. The monoisotopic (exact) mass is 317 g/mol. The predicted octanol–water partition coefficient (Wildman–Crippen LogP) is 0.943. The van der Waals surface area contributed by atoms with Crippen molar-refractivity contribution in [1.29, 1.82) is 0 Å². The molecule has 118 valence electrons. The molecule has 0 aliphatic carbocycles. The minimum Gasteiger partial charge on any atom is -0.398 e. The highest BCUT2D eigenvalue weighted by Gasteiger charge is 2.26. The average molecular weight is 317 g/mol. The van der Waals surface area contributed by atoms with Crippen LogP contribution >= 0.6 is 0 Å². The van der Waals surface area contributed by atoms with Crippen molar-refractivity contribution in [2.45, 2.75) is 31.7 Å². The number of nitrogens with zero attached hydrogens (tertiary/aromatic N) is 1. The van der Waals surface area contributed by atoms with Crippen molar-refractivity contribution in [2.24, 2.45) is 0 Å². The zero-order valence-electron chi connectivity index (χ0n) is 12.3. The predicted molar refractivity (Wildman–Crippen MR) is 78.5 cm³/mol. The third-order valence-electron chi connectivity index (χ3n) is 3.04. The summed E-state index contributed by atoms with van der Waals surface area (Å²) in [5.41, 5.74) is 5.31. The maximum atomic E-state index is 13.0. The van der Waals surface area contributed by atoms with Gasteiger partial charge in [-0.15, -0.1) is 0 Å². The summed E-state index contributed by atoms with van der Waals surface area (Å²) in [5, 5.41) is 0. The molecule has 8 heteroatoms. The van der Waals surface area contributed by atoms with E-state index in [0.29, 0.717) is 13.1 Å². The molecule has 0 fully saturated rings. The minimum absolute atomic E-state index is 0.204. The number of carbonyl (C=O) groups excluding carboxylic acids is 1. The second kappa shape index (κ2) is 6.86. The summed E-state index contributed by atoms with van der Waals surface area (Å²) in [6.45, 7) is 6.04. The molecule has 1 amide bonds. The van der Waals surface area contributed by atoms with Crippen molar-refractivity contribution < 1.29 is 17.6 Å². The molecular weight excluding hydrogens is 297 g/mol. The highest BCUT2D eigenvalue weighted by Crippen LogP contribution is 2.19. The van der Waals surface area contributed by atoms with Crippen molar-refractivity contribution >= 4 is 21.6 Å².